The molecular formula is C20H28N2O3S. The minimum Gasteiger partial charge on any atom is -0.396 e. The van der Waals surface area contributed by atoms with Crippen molar-refractivity contribution in [1.29, 1.82) is 0 Å². The third-order valence-electron chi connectivity index (χ3n) is 5.61. The number of carbonyl (C=O) groups is 1. The zero-order valence-electron chi connectivity index (χ0n) is 15.5. The summed E-state index contributed by atoms with van der Waals surface area (Å²) in [5.41, 5.74) is 0.706. The predicted octanol–water partition coefficient (Wildman–Crippen LogP) is 2.64. The fourth-order valence-electron chi connectivity index (χ4n) is 3.95. The van der Waals surface area contributed by atoms with Gasteiger partial charge in [0.1, 0.15) is 0 Å². The number of nitrogens with zero attached hydrogens (tertiary/aromatic N) is 2. The number of amides is 1. The monoisotopic (exact) mass is 376 g/mol. The number of aromatic nitrogens is 1. The van der Waals surface area contributed by atoms with Gasteiger partial charge in [-0.15, -0.1) is 11.8 Å². The van der Waals surface area contributed by atoms with Crippen molar-refractivity contribution < 1.29 is 15.0 Å². The summed E-state index contributed by atoms with van der Waals surface area (Å²) in [6, 6.07) is 8.18. The van der Waals surface area contributed by atoms with Gasteiger partial charge in [-0.3, -0.25) is 4.79 Å². The molecule has 2 N–H and O–H groups in total. The van der Waals surface area contributed by atoms with E-state index in [-0.39, 0.29) is 12.5 Å². The van der Waals surface area contributed by atoms with Crippen molar-refractivity contribution in [3.05, 3.63) is 30.5 Å². The Morgan fingerprint density at radius 3 is 2.85 bits per heavy atom. The lowest BCUT2D eigenvalue weighted by Gasteiger charge is -2.44. The number of benzene rings is 1. The number of hydrogen-bond donors (Lipinski definition) is 2. The second-order valence-electron chi connectivity index (χ2n) is 7.29. The van der Waals surface area contributed by atoms with Gasteiger partial charge in [0.05, 0.1) is 18.5 Å². The summed E-state index contributed by atoms with van der Waals surface area (Å²) in [4.78, 5) is 15.5. The van der Waals surface area contributed by atoms with Gasteiger partial charge in [-0.2, -0.15) is 0 Å². The Bertz CT molecular complexity index is 776. The Morgan fingerprint density at radius 2 is 2.15 bits per heavy atom. The van der Waals surface area contributed by atoms with Crippen LogP contribution in [-0.4, -0.2) is 57.1 Å². The summed E-state index contributed by atoms with van der Waals surface area (Å²) in [6.07, 6.45) is 3.77. The van der Waals surface area contributed by atoms with E-state index in [1.54, 1.807) is 16.7 Å². The maximum Gasteiger partial charge on any atom is 0.233 e. The Kier molecular flexibility index (Phi) is 5.95. The number of likely N-dealkylation sites (tertiary alicyclic amines) is 1. The molecule has 3 rings (SSSR count). The minimum atomic E-state index is -0.660. The van der Waals surface area contributed by atoms with Crippen LogP contribution >= 0.6 is 11.8 Å². The molecule has 0 bridgehead atoms. The molecule has 0 saturated carbocycles. The average molecular weight is 377 g/mol. The molecule has 0 spiro atoms. The molecule has 1 aromatic carbocycles. The number of hydrogen-bond acceptors (Lipinski definition) is 4. The van der Waals surface area contributed by atoms with E-state index in [1.165, 1.54) is 0 Å². The first-order chi connectivity index (χ1) is 12.5. The normalized spacial score (nSPS) is 23.5. The molecule has 2 aromatic rings. The SMILES string of the molecule is CCC[C@]1(CO)CCN(C(=O)CSc2cn(C)c3ccccc23)C[C@H]1O. The van der Waals surface area contributed by atoms with E-state index < -0.39 is 11.5 Å². The molecule has 1 aliphatic rings. The number of aliphatic hydroxyl groups is 2. The Morgan fingerprint density at radius 1 is 1.38 bits per heavy atom. The number of carbonyl (C=O) groups excluding carboxylic acids is 1. The quantitative estimate of drug-likeness (QED) is 0.761. The summed E-state index contributed by atoms with van der Waals surface area (Å²) < 4.78 is 2.08. The zero-order chi connectivity index (χ0) is 18.7. The zero-order valence-corrected chi connectivity index (χ0v) is 16.3. The van der Waals surface area contributed by atoms with Crippen molar-refractivity contribution in [3.63, 3.8) is 0 Å². The van der Waals surface area contributed by atoms with Gasteiger partial charge in [0.25, 0.3) is 0 Å². The van der Waals surface area contributed by atoms with E-state index in [2.05, 4.69) is 29.8 Å². The van der Waals surface area contributed by atoms with E-state index in [9.17, 15) is 15.0 Å². The largest absolute Gasteiger partial charge is 0.396 e. The molecule has 5 nitrogen and oxygen atoms in total. The molecule has 2 heterocycles. The molecule has 26 heavy (non-hydrogen) atoms. The number of β-amino-alcohol motifs (C(OH)–C–C–N with tert-alkyl or cyclic N) is 1. The van der Waals surface area contributed by atoms with Gasteiger partial charge in [0.2, 0.25) is 5.91 Å². The van der Waals surface area contributed by atoms with Gasteiger partial charge in [0, 0.05) is 47.5 Å². The first-order valence-corrected chi connectivity index (χ1v) is 10.2. The molecule has 1 aliphatic heterocycles. The van der Waals surface area contributed by atoms with Gasteiger partial charge in [0.15, 0.2) is 0 Å². The van der Waals surface area contributed by atoms with Crippen LogP contribution in [0.5, 0.6) is 0 Å². The van der Waals surface area contributed by atoms with Crippen LogP contribution in [0.2, 0.25) is 0 Å². The first kappa shape index (κ1) is 19.3. The van der Waals surface area contributed by atoms with E-state index in [0.29, 0.717) is 25.3 Å². The molecule has 1 saturated heterocycles. The highest BCUT2D eigenvalue weighted by Crippen LogP contribution is 2.36. The van der Waals surface area contributed by atoms with E-state index in [1.807, 2.05) is 19.2 Å². The summed E-state index contributed by atoms with van der Waals surface area (Å²) in [6.45, 7) is 2.96. The van der Waals surface area contributed by atoms with Gasteiger partial charge in [-0.05, 0) is 18.9 Å². The van der Waals surface area contributed by atoms with Crippen LogP contribution in [0.1, 0.15) is 26.2 Å². The maximum absolute atomic E-state index is 12.6. The first-order valence-electron chi connectivity index (χ1n) is 9.24. The summed E-state index contributed by atoms with van der Waals surface area (Å²) >= 11 is 1.55. The highest BCUT2D eigenvalue weighted by Gasteiger charge is 2.42. The predicted molar refractivity (Wildman–Crippen MR) is 105 cm³/mol. The highest BCUT2D eigenvalue weighted by molar-refractivity contribution is 8.00. The lowest BCUT2D eigenvalue weighted by Crippen LogP contribution is -2.54. The van der Waals surface area contributed by atoms with Crippen molar-refractivity contribution in [1.82, 2.24) is 9.47 Å². The molecule has 0 unspecified atom stereocenters. The van der Waals surface area contributed by atoms with Crippen LogP contribution in [0, 0.1) is 5.41 Å². The van der Waals surface area contributed by atoms with E-state index in [0.717, 1.165) is 28.6 Å². The second kappa shape index (κ2) is 8.03. The molecule has 0 aliphatic carbocycles. The second-order valence-corrected chi connectivity index (χ2v) is 8.30. The van der Waals surface area contributed by atoms with Gasteiger partial charge < -0.3 is 19.7 Å². The van der Waals surface area contributed by atoms with Crippen molar-refractivity contribution in [3.8, 4) is 0 Å². The fourth-order valence-corrected chi connectivity index (χ4v) is 4.97. The van der Waals surface area contributed by atoms with Crippen LogP contribution in [0.25, 0.3) is 10.9 Å². The number of rotatable bonds is 6. The lowest BCUT2D eigenvalue weighted by molar-refractivity contribution is -0.139. The third kappa shape index (κ3) is 3.63. The number of fused-ring (bicyclic) bond motifs is 1. The number of thioether (sulfide) groups is 1. The van der Waals surface area contributed by atoms with Gasteiger partial charge in [-0.25, -0.2) is 0 Å². The summed E-state index contributed by atoms with van der Waals surface area (Å²) in [5, 5.41) is 21.4. The van der Waals surface area contributed by atoms with Crippen LogP contribution in [0.15, 0.2) is 35.4 Å². The van der Waals surface area contributed by atoms with Crippen LogP contribution in [0.4, 0.5) is 0 Å². The number of aryl methyl sites for hydroxylation is 1. The Balaban J connectivity index is 1.62. The van der Waals surface area contributed by atoms with Crippen LogP contribution < -0.4 is 0 Å². The molecule has 2 atom stereocenters. The van der Waals surface area contributed by atoms with Crippen LogP contribution in [0.3, 0.4) is 0 Å². The standard InChI is InChI=1S/C20H28N2O3S/c1-3-8-20(14-23)9-10-22(12-18(20)24)19(25)13-26-17-11-21(2)16-7-5-4-6-15(16)17/h4-7,11,18,23-24H,3,8-10,12-14H2,1-2H3/t18-,20-/m1/s1. The fraction of sp³-hybridized carbons (Fsp3) is 0.550. The summed E-state index contributed by atoms with van der Waals surface area (Å²) in [7, 11) is 2.01. The maximum atomic E-state index is 12.6. The third-order valence-corrected chi connectivity index (χ3v) is 6.63. The Hall–Kier alpha value is -1.50. The number of piperidine rings is 1. The summed E-state index contributed by atoms with van der Waals surface area (Å²) in [5.74, 6) is 0.408. The molecule has 1 amide bonds. The topological polar surface area (TPSA) is 65.7 Å². The van der Waals surface area contributed by atoms with Gasteiger partial charge in [-0.1, -0.05) is 31.5 Å². The van der Waals surface area contributed by atoms with Crippen molar-refractivity contribution >= 4 is 28.6 Å². The van der Waals surface area contributed by atoms with Gasteiger partial charge >= 0.3 is 0 Å². The van der Waals surface area contributed by atoms with E-state index in [4.69, 9.17) is 0 Å². The number of aliphatic hydroxyl groups excluding tert-OH is 2. The minimum absolute atomic E-state index is 0.0191. The molecular weight excluding hydrogens is 348 g/mol. The highest BCUT2D eigenvalue weighted by atomic mass is 32.2. The smallest absolute Gasteiger partial charge is 0.233 e. The number of para-hydroxylation sites is 1. The molecule has 142 valence electrons. The van der Waals surface area contributed by atoms with Crippen LogP contribution in [-0.2, 0) is 11.8 Å². The molecule has 0 radical (unpaired) electrons. The lowest BCUT2D eigenvalue weighted by atomic mass is 9.73. The average Bonchev–Trinajstić information content (AvgIpc) is 2.98. The van der Waals surface area contributed by atoms with Crippen molar-refractivity contribution in [2.24, 2.45) is 12.5 Å². The Labute approximate surface area is 159 Å². The molecule has 1 aromatic heterocycles. The van der Waals surface area contributed by atoms with E-state index >= 15 is 0 Å². The molecule has 1 fully saturated rings. The molecule has 6 heteroatoms. The van der Waals surface area contributed by atoms with Crippen molar-refractivity contribution in [2.75, 3.05) is 25.4 Å². The van der Waals surface area contributed by atoms with Crippen molar-refractivity contribution in [2.45, 2.75) is 37.2 Å².